The Kier molecular flexibility index (Phi) is 4.38. The normalized spacial score (nSPS) is 27.2. The van der Waals surface area contributed by atoms with E-state index >= 15 is 0 Å². The van der Waals surface area contributed by atoms with Gasteiger partial charge in [-0.05, 0) is 30.0 Å². The minimum Gasteiger partial charge on any atom is -0.496 e. The number of carbonyl (C=O) groups excluding carboxylic acids is 1. The Morgan fingerprint density at radius 1 is 1.42 bits per heavy atom. The summed E-state index contributed by atoms with van der Waals surface area (Å²) in [5.41, 5.74) is 0.596. The van der Waals surface area contributed by atoms with Gasteiger partial charge in [0.1, 0.15) is 5.75 Å². The van der Waals surface area contributed by atoms with Gasteiger partial charge in [0.15, 0.2) is 0 Å². The summed E-state index contributed by atoms with van der Waals surface area (Å²) >= 11 is 3.37. The highest BCUT2D eigenvalue weighted by atomic mass is 79.9. The molecule has 0 bridgehead atoms. The Labute approximate surface area is 126 Å². The van der Waals surface area contributed by atoms with Crippen molar-refractivity contribution in [1.82, 2.24) is 10.6 Å². The fraction of sp³-hybridized carbons (Fsp3) is 0.462. The minimum absolute atomic E-state index is 0. The van der Waals surface area contributed by atoms with E-state index in [4.69, 9.17) is 4.74 Å². The molecule has 1 aromatic rings. The molecule has 2 atom stereocenters. The molecule has 1 saturated heterocycles. The number of carbonyl (C=O) groups is 1. The number of ether oxygens (including phenoxy) is 1. The van der Waals surface area contributed by atoms with E-state index < -0.39 is 0 Å². The van der Waals surface area contributed by atoms with E-state index in [2.05, 4.69) is 26.6 Å². The molecule has 2 fully saturated rings. The lowest BCUT2D eigenvalue weighted by Crippen LogP contribution is -2.32. The minimum atomic E-state index is -0.0428. The van der Waals surface area contributed by atoms with Crippen LogP contribution in [0.2, 0.25) is 0 Å². The first-order chi connectivity index (χ1) is 8.70. The maximum Gasteiger partial charge on any atom is 0.255 e. The number of rotatable bonds is 3. The topological polar surface area (TPSA) is 50.4 Å². The van der Waals surface area contributed by atoms with E-state index in [-0.39, 0.29) is 18.3 Å². The van der Waals surface area contributed by atoms with Gasteiger partial charge in [0.25, 0.3) is 5.91 Å². The number of methoxy groups -OCH3 is 1. The number of amides is 1. The van der Waals surface area contributed by atoms with Crippen molar-refractivity contribution in [3.05, 3.63) is 28.2 Å². The third-order valence-electron chi connectivity index (χ3n) is 3.80. The van der Waals surface area contributed by atoms with Crippen LogP contribution in [-0.2, 0) is 0 Å². The summed E-state index contributed by atoms with van der Waals surface area (Å²) < 4.78 is 6.15. The Hall–Kier alpha value is -0.780. The van der Waals surface area contributed by atoms with Crippen molar-refractivity contribution in [1.29, 1.82) is 0 Å². The Morgan fingerprint density at radius 2 is 2.11 bits per heavy atom. The highest BCUT2D eigenvalue weighted by Crippen LogP contribution is 2.41. The molecule has 0 aromatic heterocycles. The smallest absolute Gasteiger partial charge is 0.255 e. The summed E-state index contributed by atoms with van der Waals surface area (Å²) in [6, 6.07) is 5.79. The van der Waals surface area contributed by atoms with Crippen LogP contribution in [0.5, 0.6) is 5.75 Å². The van der Waals surface area contributed by atoms with Crippen molar-refractivity contribution < 1.29 is 9.53 Å². The van der Waals surface area contributed by atoms with Gasteiger partial charge in [-0.1, -0.05) is 15.9 Å². The molecular formula is C13H16BrClN2O2. The van der Waals surface area contributed by atoms with Gasteiger partial charge in [0.05, 0.1) is 12.7 Å². The molecule has 3 rings (SSSR count). The zero-order valence-corrected chi connectivity index (χ0v) is 12.9. The number of fused-ring (bicyclic) bond motifs is 1. The summed E-state index contributed by atoms with van der Waals surface area (Å²) in [5.74, 6) is 1.80. The molecule has 1 aliphatic heterocycles. The van der Waals surface area contributed by atoms with Crippen molar-refractivity contribution in [2.45, 2.75) is 6.04 Å². The summed E-state index contributed by atoms with van der Waals surface area (Å²) in [5, 5.41) is 6.40. The first-order valence-electron chi connectivity index (χ1n) is 6.06. The van der Waals surface area contributed by atoms with Gasteiger partial charge in [0.2, 0.25) is 0 Å². The Morgan fingerprint density at radius 3 is 2.74 bits per heavy atom. The molecule has 0 radical (unpaired) electrons. The van der Waals surface area contributed by atoms with Crippen LogP contribution in [0.1, 0.15) is 10.4 Å². The van der Waals surface area contributed by atoms with Gasteiger partial charge in [-0.2, -0.15) is 0 Å². The van der Waals surface area contributed by atoms with Crippen LogP contribution in [0.15, 0.2) is 22.7 Å². The average molecular weight is 348 g/mol. The van der Waals surface area contributed by atoms with E-state index in [1.807, 2.05) is 12.1 Å². The first kappa shape index (κ1) is 14.6. The van der Waals surface area contributed by atoms with Gasteiger partial charge in [-0.15, -0.1) is 12.4 Å². The molecule has 2 aliphatic rings. The molecule has 2 N–H and O–H groups in total. The molecule has 4 nitrogen and oxygen atoms in total. The maximum atomic E-state index is 12.2. The van der Waals surface area contributed by atoms with Crippen molar-refractivity contribution in [2.75, 3.05) is 20.2 Å². The third kappa shape index (κ3) is 2.73. The summed E-state index contributed by atoms with van der Waals surface area (Å²) in [6.07, 6.45) is 0. The fourth-order valence-electron chi connectivity index (χ4n) is 2.71. The molecule has 1 saturated carbocycles. The van der Waals surface area contributed by atoms with Crippen LogP contribution in [0.25, 0.3) is 0 Å². The summed E-state index contributed by atoms with van der Waals surface area (Å²) in [7, 11) is 1.58. The molecule has 0 spiro atoms. The quantitative estimate of drug-likeness (QED) is 0.877. The third-order valence-corrected chi connectivity index (χ3v) is 4.29. The number of hydrogen-bond donors (Lipinski definition) is 2. The SMILES string of the molecule is COc1cc(Br)ccc1C(=O)NC1C2CNCC21.Cl. The Bertz CT molecular complexity index is 488. The van der Waals surface area contributed by atoms with Gasteiger partial charge >= 0.3 is 0 Å². The second-order valence-corrected chi connectivity index (χ2v) is 5.75. The summed E-state index contributed by atoms with van der Waals surface area (Å²) in [4.78, 5) is 12.2. The van der Waals surface area contributed by atoms with Crippen LogP contribution < -0.4 is 15.4 Å². The number of halogens is 2. The van der Waals surface area contributed by atoms with Crippen LogP contribution in [-0.4, -0.2) is 32.1 Å². The average Bonchev–Trinajstić information content (AvgIpc) is 2.81. The van der Waals surface area contributed by atoms with E-state index in [0.29, 0.717) is 29.2 Å². The highest BCUT2D eigenvalue weighted by Gasteiger charge is 2.53. The lowest BCUT2D eigenvalue weighted by molar-refractivity contribution is 0.0943. The zero-order chi connectivity index (χ0) is 12.7. The van der Waals surface area contributed by atoms with Crippen molar-refractivity contribution in [3.8, 4) is 5.75 Å². The molecule has 1 amide bonds. The molecule has 1 aromatic carbocycles. The first-order valence-corrected chi connectivity index (χ1v) is 6.85. The second kappa shape index (κ2) is 5.69. The standard InChI is InChI=1S/C13H15BrN2O2.ClH/c1-18-11-4-7(14)2-3-8(11)13(17)16-12-9-5-15-6-10(9)12;/h2-4,9-10,12,15H,5-6H2,1H3,(H,16,17);1H. The highest BCUT2D eigenvalue weighted by molar-refractivity contribution is 9.10. The van der Waals surface area contributed by atoms with Crippen molar-refractivity contribution in [3.63, 3.8) is 0 Å². The lowest BCUT2D eigenvalue weighted by Gasteiger charge is -2.11. The molecule has 19 heavy (non-hydrogen) atoms. The molecule has 6 heteroatoms. The van der Waals surface area contributed by atoms with Crippen LogP contribution >= 0.6 is 28.3 Å². The van der Waals surface area contributed by atoms with Crippen molar-refractivity contribution in [2.24, 2.45) is 11.8 Å². The van der Waals surface area contributed by atoms with E-state index in [1.165, 1.54) is 0 Å². The number of nitrogens with one attached hydrogen (secondary N) is 2. The van der Waals surface area contributed by atoms with Crippen LogP contribution in [0, 0.1) is 11.8 Å². The Balaban J connectivity index is 0.00000133. The second-order valence-electron chi connectivity index (χ2n) is 4.83. The van der Waals surface area contributed by atoms with Crippen molar-refractivity contribution >= 4 is 34.2 Å². The molecule has 1 aliphatic carbocycles. The largest absolute Gasteiger partial charge is 0.496 e. The van der Waals surface area contributed by atoms with Crippen LogP contribution in [0.3, 0.4) is 0 Å². The van der Waals surface area contributed by atoms with Gasteiger partial charge in [-0.25, -0.2) is 0 Å². The fourth-order valence-corrected chi connectivity index (χ4v) is 3.05. The van der Waals surface area contributed by atoms with Gasteiger partial charge in [0, 0.05) is 23.6 Å². The van der Waals surface area contributed by atoms with Crippen LogP contribution in [0.4, 0.5) is 0 Å². The number of benzene rings is 1. The molecule has 104 valence electrons. The van der Waals surface area contributed by atoms with Gasteiger partial charge in [-0.3, -0.25) is 4.79 Å². The lowest BCUT2D eigenvalue weighted by atomic mass is 10.2. The molecule has 2 unspecified atom stereocenters. The number of hydrogen-bond acceptors (Lipinski definition) is 3. The number of piperidine rings is 1. The zero-order valence-electron chi connectivity index (χ0n) is 10.5. The van der Waals surface area contributed by atoms with E-state index in [0.717, 1.165) is 17.6 Å². The van der Waals surface area contributed by atoms with E-state index in [1.54, 1.807) is 13.2 Å². The predicted octanol–water partition coefficient (Wildman–Crippen LogP) is 1.83. The van der Waals surface area contributed by atoms with E-state index in [9.17, 15) is 4.79 Å². The molecular weight excluding hydrogens is 332 g/mol. The monoisotopic (exact) mass is 346 g/mol. The summed E-state index contributed by atoms with van der Waals surface area (Å²) in [6.45, 7) is 2.04. The van der Waals surface area contributed by atoms with Gasteiger partial charge < -0.3 is 15.4 Å². The maximum absolute atomic E-state index is 12.2. The predicted molar refractivity (Wildman–Crippen MR) is 79.0 cm³/mol. The molecule has 1 heterocycles.